The standard InChI is InChI=1S/C18H18OS/c1-11-8-13(3)15(9-12(11)2)18(19)16-10-20-17-7-5-4-6-14(16)17/h4-10,18-19H,1-3H3. The first-order chi connectivity index (χ1) is 9.58. The van der Waals surface area contributed by atoms with Crippen LogP contribution in [0.3, 0.4) is 0 Å². The molecule has 2 heteroatoms. The Kier molecular flexibility index (Phi) is 3.36. The van der Waals surface area contributed by atoms with E-state index in [2.05, 4.69) is 50.4 Å². The van der Waals surface area contributed by atoms with Crippen molar-refractivity contribution in [2.24, 2.45) is 0 Å². The molecule has 20 heavy (non-hydrogen) atoms. The van der Waals surface area contributed by atoms with Gasteiger partial charge in [-0.1, -0.05) is 30.3 Å². The molecule has 0 saturated carbocycles. The molecule has 102 valence electrons. The number of aliphatic hydroxyl groups excluding tert-OH is 1. The minimum absolute atomic E-state index is 0.551. The second-order valence-corrected chi connectivity index (χ2v) is 6.29. The van der Waals surface area contributed by atoms with Crippen LogP contribution in [-0.4, -0.2) is 5.11 Å². The molecule has 0 radical (unpaired) electrons. The van der Waals surface area contributed by atoms with Gasteiger partial charge in [-0.3, -0.25) is 0 Å². The molecule has 1 N–H and O–H groups in total. The molecule has 2 aromatic carbocycles. The van der Waals surface area contributed by atoms with Gasteiger partial charge >= 0.3 is 0 Å². The van der Waals surface area contributed by atoms with Crippen molar-refractivity contribution in [3.8, 4) is 0 Å². The summed E-state index contributed by atoms with van der Waals surface area (Å²) in [7, 11) is 0. The molecule has 0 spiro atoms. The van der Waals surface area contributed by atoms with Crippen molar-refractivity contribution in [2.45, 2.75) is 26.9 Å². The Balaban J connectivity index is 2.13. The summed E-state index contributed by atoms with van der Waals surface area (Å²) in [5.41, 5.74) is 5.67. The SMILES string of the molecule is Cc1cc(C)c(C(O)c2csc3ccccc23)cc1C. The van der Waals surface area contributed by atoms with Crippen molar-refractivity contribution in [3.63, 3.8) is 0 Å². The molecule has 1 heterocycles. The first-order valence-electron chi connectivity index (χ1n) is 6.80. The number of aryl methyl sites for hydroxylation is 3. The number of benzene rings is 2. The van der Waals surface area contributed by atoms with Crippen LogP contribution in [0.25, 0.3) is 10.1 Å². The highest BCUT2D eigenvalue weighted by Gasteiger charge is 2.17. The van der Waals surface area contributed by atoms with Gasteiger partial charge in [-0.15, -0.1) is 11.3 Å². The van der Waals surface area contributed by atoms with E-state index in [1.165, 1.54) is 15.8 Å². The van der Waals surface area contributed by atoms with Crippen molar-refractivity contribution in [1.82, 2.24) is 0 Å². The number of thiophene rings is 1. The molecule has 0 fully saturated rings. The van der Waals surface area contributed by atoms with E-state index in [0.717, 1.165) is 22.1 Å². The van der Waals surface area contributed by atoms with E-state index in [0.29, 0.717) is 0 Å². The van der Waals surface area contributed by atoms with E-state index >= 15 is 0 Å². The summed E-state index contributed by atoms with van der Waals surface area (Å²) >= 11 is 1.69. The van der Waals surface area contributed by atoms with Crippen LogP contribution in [0.2, 0.25) is 0 Å². The molecule has 1 atom stereocenters. The molecule has 0 saturated heterocycles. The highest BCUT2D eigenvalue weighted by molar-refractivity contribution is 7.17. The lowest BCUT2D eigenvalue weighted by molar-refractivity contribution is 0.221. The molecule has 1 unspecified atom stereocenters. The van der Waals surface area contributed by atoms with E-state index in [9.17, 15) is 5.11 Å². The Morgan fingerprint density at radius 1 is 0.900 bits per heavy atom. The predicted octanol–water partition coefficient (Wildman–Crippen LogP) is 4.91. The monoisotopic (exact) mass is 282 g/mol. The van der Waals surface area contributed by atoms with Gasteiger partial charge in [-0.2, -0.15) is 0 Å². The quantitative estimate of drug-likeness (QED) is 0.708. The van der Waals surface area contributed by atoms with Crippen LogP contribution in [0.5, 0.6) is 0 Å². The largest absolute Gasteiger partial charge is 0.384 e. The summed E-state index contributed by atoms with van der Waals surface area (Å²) in [4.78, 5) is 0. The average molecular weight is 282 g/mol. The highest BCUT2D eigenvalue weighted by atomic mass is 32.1. The third kappa shape index (κ3) is 2.15. The van der Waals surface area contributed by atoms with Gasteiger partial charge in [0.25, 0.3) is 0 Å². The van der Waals surface area contributed by atoms with Crippen LogP contribution in [-0.2, 0) is 0 Å². The zero-order valence-electron chi connectivity index (χ0n) is 12.0. The van der Waals surface area contributed by atoms with E-state index in [1.807, 2.05) is 12.1 Å². The van der Waals surface area contributed by atoms with Gasteiger partial charge < -0.3 is 5.11 Å². The number of rotatable bonds is 2. The first kappa shape index (κ1) is 13.3. The van der Waals surface area contributed by atoms with Crippen molar-refractivity contribution in [3.05, 3.63) is 69.6 Å². The van der Waals surface area contributed by atoms with Gasteiger partial charge in [-0.05, 0) is 59.9 Å². The van der Waals surface area contributed by atoms with Gasteiger partial charge in [0.2, 0.25) is 0 Å². The Morgan fingerprint density at radius 2 is 1.60 bits per heavy atom. The van der Waals surface area contributed by atoms with Gasteiger partial charge in [0, 0.05) is 10.3 Å². The van der Waals surface area contributed by atoms with E-state index in [-0.39, 0.29) is 0 Å². The summed E-state index contributed by atoms with van der Waals surface area (Å²) in [5, 5.41) is 14.0. The zero-order valence-corrected chi connectivity index (χ0v) is 12.8. The third-order valence-electron chi connectivity index (χ3n) is 3.98. The second kappa shape index (κ2) is 5.04. The summed E-state index contributed by atoms with van der Waals surface area (Å²) in [6.07, 6.45) is -0.551. The minimum atomic E-state index is -0.551. The molecule has 1 nitrogen and oxygen atoms in total. The second-order valence-electron chi connectivity index (χ2n) is 5.38. The highest BCUT2D eigenvalue weighted by Crippen LogP contribution is 2.35. The topological polar surface area (TPSA) is 20.2 Å². The molecular weight excluding hydrogens is 264 g/mol. The van der Waals surface area contributed by atoms with Gasteiger partial charge in [0.05, 0.1) is 0 Å². The number of hydrogen-bond donors (Lipinski definition) is 1. The summed E-state index contributed by atoms with van der Waals surface area (Å²) in [6, 6.07) is 12.5. The van der Waals surface area contributed by atoms with Crippen LogP contribution >= 0.6 is 11.3 Å². The Morgan fingerprint density at radius 3 is 2.40 bits per heavy atom. The average Bonchev–Trinajstić information content (AvgIpc) is 2.86. The molecule has 0 aliphatic rings. The van der Waals surface area contributed by atoms with Gasteiger partial charge in [-0.25, -0.2) is 0 Å². The van der Waals surface area contributed by atoms with E-state index in [4.69, 9.17) is 0 Å². The molecule has 3 rings (SSSR count). The fourth-order valence-electron chi connectivity index (χ4n) is 2.66. The maximum atomic E-state index is 10.8. The minimum Gasteiger partial charge on any atom is -0.384 e. The van der Waals surface area contributed by atoms with Crippen LogP contribution in [0, 0.1) is 20.8 Å². The molecule has 0 aliphatic carbocycles. The van der Waals surface area contributed by atoms with Crippen molar-refractivity contribution >= 4 is 21.4 Å². The Labute approximate surface area is 123 Å². The zero-order chi connectivity index (χ0) is 14.3. The summed E-state index contributed by atoms with van der Waals surface area (Å²) < 4.78 is 1.23. The van der Waals surface area contributed by atoms with Crippen molar-refractivity contribution in [2.75, 3.05) is 0 Å². The predicted molar refractivity (Wildman–Crippen MR) is 86.5 cm³/mol. The number of hydrogen-bond acceptors (Lipinski definition) is 2. The first-order valence-corrected chi connectivity index (χ1v) is 7.68. The maximum absolute atomic E-state index is 10.8. The lowest BCUT2D eigenvalue weighted by atomic mass is 9.93. The lowest BCUT2D eigenvalue weighted by Crippen LogP contribution is -2.02. The summed E-state index contributed by atoms with van der Waals surface area (Å²) in [5.74, 6) is 0. The number of aliphatic hydroxyl groups is 1. The maximum Gasteiger partial charge on any atom is 0.106 e. The fourth-order valence-corrected chi connectivity index (χ4v) is 3.63. The van der Waals surface area contributed by atoms with Crippen LogP contribution in [0.4, 0.5) is 0 Å². The third-order valence-corrected chi connectivity index (χ3v) is 4.96. The number of fused-ring (bicyclic) bond motifs is 1. The lowest BCUT2D eigenvalue weighted by Gasteiger charge is -2.16. The van der Waals surface area contributed by atoms with Crippen LogP contribution in [0.1, 0.15) is 33.9 Å². The molecule has 0 amide bonds. The van der Waals surface area contributed by atoms with E-state index in [1.54, 1.807) is 11.3 Å². The van der Waals surface area contributed by atoms with Gasteiger partial charge in [0.1, 0.15) is 6.10 Å². The molecule has 3 aromatic rings. The molecular formula is C18H18OS. The molecule has 1 aromatic heterocycles. The Hall–Kier alpha value is -1.64. The van der Waals surface area contributed by atoms with E-state index < -0.39 is 6.10 Å². The smallest absolute Gasteiger partial charge is 0.106 e. The fraction of sp³-hybridized carbons (Fsp3) is 0.222. The molecule has 0 aliphatic heterocycles. The van der Waals surface area contributed by atoms with Crippen LogP contribution < -0.4 is 0 Å². The van der Waals surface area contributed by atoms with Crippen molar-refractivity contribution < 1.29 is 5.11 Å². The Bertz CT molecular complexity index is 770. The summed E-state index contributed by atoms with van der Waals surface area (Å²) in [6.45, 7) is 6.27. The van der Waals surface area contributed by atoms with Crippen molar-refractivity contribution in [1.29, 1.82) is 0 Å². The molecule has 0 bridgehead atoms. The van der Waals surface area contributed by atoms with Crippen LogP contribution in [0.15, 0.2) is 41.8 Å². The normalized spacial score (nSPS) is 12.8. The van der Waals surface area contributed by atoms with Gasteiger partial charge in [0.15, 0.2) is 0 Å².